The lowest BCUT2D eigenvalue weighted by molar-refractivity contribution is -0.385. The summed E-state index contributed by atoms with van der Waals surface area (Å²) in [6.45, 7) is 1.74. The van der Waals surface area contributed by atoms with E-state index in [9.17, 15) is 14.9 Å². The van der Waals surface area contributed by atoms with Crippen LogP contribution in [0.2, 0.25) is 0 Å². The van der Waals surface area contributed by atoms with E-state index in [0.717, 1.165) is 0 Å². The minimum Gasteiger partial charge on any atom is -0.441 e. The first-order chi connectivity index (χ1) is 10.9. The third-order valence-corrected chi connectivity index (χ3v) is 3.83. The number of amides is 1. The van der Waals surface area contributed by atoms with E-state index in [0.29, 0.717) is 27.2 Å². The van der Waals surface area contributed by atoms with Crippen molar-refractivity contribution in [3.8, 4) is 0 Å². The number of anilines is 1. The van der Waals surface area contributed by atoms with Crippen LogP contribution in [0.1, 0.15) is 16.2 Å². The smallest absolute Gasteiger partial charge is 0.284 e. The molecule has 1 N–H and O–H groups in total. The van der Waals surface area contributed by atoms with E-state index in [4.69, 9.17) is 4.42 Å². The van der Waals surface area contributed by atoms with Gasteiger partial charge in [-0.1, -0.05) is 0 Å². The molecule has 0 saturated heterocycles. The van der Waals surface area contributed by atoms with Gasteiger partial charge < -0.3 is 9.73 Å². The average molecular weight is 376 g/mol. The number of hydrogen-bond acceptors (Lipinski definition) is 5. The molecule has 23 heavy (non-hydrogen) atoms. The lowest BCUT2D eigenvalue weighted by Crippen LogP contribution is -2.12. The van der Waals surface area contributed by atoms with Crippen LogP contribution in [0.5, 0.6) is 0 Å². The van der Waals surface area contributed by atoms with E-state index >= 15 is 0 Å². The zero-order valence-corrected chi connectivity index (χ0v) is 13.5. The molecule has 0 aliphatic rings. The first kappa shape index (κ1) is 15.2. The van der Waals surface area contributed by atoms with Gasteiger partial charge in [0.05, 0.1) is 9.40 Å². The van der Waals surface area contributed by atoms with Crippen LogP contribution in [-0.2, 0) is 0 Å². The van der Waals surface area contributed by atoms with Crippen molar-refractivity contribution in [2.75, 3.05) is 5.32 Å². The SMILES string of the molecule is Cc1nc2cc(NC(=O)c3ccc(Br)c([N+](=O)[O-])c3)ccc2o1. The molecule has 3 rings (SSSR count). The number of oxazole rings is 1. The highest BCUT2D eigenvalue weighted by Crippen LogP contribution is 2.26. The van der Waals surface area contributed by atoms with Crippen molar-refractivity contribution in [1.82, 2.24) is 4.98 Å². The fourth-order valence-corrected chi connectivity index (χ4v) is 2.51. The monoisotopic (exact) mass is 375 g/mol. The molecule has 1 heterocycles. The molecule has 3 aromatic rings. The van der Waals surface area contributed by atoms with E-state index in [1.165, 1.54) is 18.2 Å². The van der Waals surface area contributed by atoms with Crippen molar-refractivity contribution in [2.45, 2.75) is 6.92 Å². The number of nitrogens with zero attached hydrogens (tertiary/aromatic N) is 2. The zero-order chi connectivity index (χ0) is 16.6. The van der Waals surface area contributed by atoms with Gasteiger partial charge in [-0.25, -0.2) is 4.98 Å². The largest absolute Gasteiger partial charge is 0.441 e. The van der Waals surface area contributed by atoms with Crippen LogP contribution in [-0.4, -0.2) is 15.8 Å². The molecule has 1 amide bonds. The molecule has 0 radical (unpaired) electrons. The summed E-state index contributed by atoms with van der Waals surface area (Å²) in [5.74, 6) is 0.0900. The van der Waals surface area contributed by atoms with Gasteiger partial charge in [-0.15, -0.1) is 0 Å². The summed E-state index contributed by atoms with van der Waals surface area (Å²) in [4.78, 5) is 26.8. The molecule has 0 spiro atoms. The zero-order valence-electron chi connectivity index (χ0n) is 11.9. The van der Waals surface area contributed by atoms with E-state index in [2.05, 4.69) is 26.2 Å². The number of hydrogen-bond donors (Lipinski definition) is 1. The molecule has 7 nitrogen and oxygen atoms in total. The molecule has 116 valence electrons. The second-order valence-electron chi connectivity index (χ2n) is 4.79. The van der Waals surface area contributed by atoms with Crippen molar-refractivity contribution in [3.05, 3.63) is 62.4 Å². The van der Waals surface area contributed by atoms with Crippen molar-refractivity contribution < 1.29 is 14.1 Å². The van der Waals surface area contributed by atoms with Crippen LogP contribution >= 0.6 is 15.9 Å². The number of fused-ring (bicyclic) bond motifs is 1. The summed E-state index contributed by atoms with van der Waals surface area (Å²) in [7, 11) is 0. The Balaban J connectivity index is 1.88. The van der Waals surface area contributed by atoms with Gasteiger partial charge in [0.2, 0.25) is 0 Å². The standard InChI is InChI=1S/C15H10BrN3O4/c1-8-17-12-7-10(3-5-14(12)23-8)18-15(20)9-2-4-11(16)13(6-9)19(21)22/h2-7H,1H3,(H,18,20). The number of aryl methyl sites for hydroxylation is 1. The summed E-state index contributed by atoms with van der Waals surface area (Å²) in [6.07, 6.45) is 0. The maximum Gasteiger partial charge on any atom is 0.284 e. The Morgan fingerprint density at radius 2 is 2.09 bits per heavy atom. The topological polar surface area (TPSA) is 98.3 Å². The third kappa shape index (κ3) is 3.07. The maximum absolute atomic E-state index is 12.2. The van der Waals surface area contributed by atoms with Gasteiger partial charge >= 0.3 is 0 Å². The third-order valence-electron chi connectivity index (χ3n) is 3.16. The lowest BCUT2D eigenvalue weighted by Gasteiger charge is -2.05. The number of nitro benzene ring substituents is 1. The average Bonchev–Trinajstić information content (AvgIpc) is 2.86. The van der Waals surface area contributed by atoms with Crippen molar-refractivity contribution in [2.24, 2.45) is 0 Å². The Morgan fingerprint density at radius 3 is 2.83 bits per heavy atom. The van der Waals surface area contributed by atoms with Gasteiger partial charge in [0, 0.05) is 24.2 Å². The normalized spacial score (nSPS) is 10.7. The number of carbonyl (C=O) groups excluding carboxylic acids is 1. The molecule has 2 aromatic carbocycles. The summed E-state index contributed by atoms with van der Waals surface area (Å²) in [6, 6.07) is 9.25. The second kappa shape index (κ2) is 5.81. The number of rotatable bonds is 3. The fraction of sp³-hybridized carbons (Fsp3) is 0.0667. The van der Waals surface area contributed by atoms with Gasteiger partial charge in [0.1, 0.15) is 5.52 Å². The highest BCUT2D eigenvalue weighted by atomic mass is 79.9. The highest BCUT2D eigenvalue weighted by Gasteiger charge is 2.16. The molecule has 0 aliphatic heterocycles. The lowest BCUT2D eigenvalue weighted by atomic mass is 10.2. The number of carbonyl (C=O) groups is 1. The van der Waals surface area contributed by atoms with Gasteiger partial charge in [-0.2, -0.15) is 0 Å². The quantitative estimate of drug-likeness (QED) is 0.549. The number of aromatic nitrogens is 1. The molecule has 0 atom stereocenters. The predicted octanol–water partition coefficient (Wildman–Crippen LogP) is 4.06. The predicted molar refractivity (Wildman–Crippen MR) is 87.5 cm³/mol. The number of nitro groups is 1. The molecule has 1 aromatic heterocycles. The first-order valence-corrected chi connectivity index (χ1v) is 7.36. The fourth-order valence-electron chi connectivity index (χ4n) is 2.12. The molecule has 0 unspecified atom stereocenters. The van der Waals surface area contributed by atoms with Crippen LogP contribution in [0.15, 0.2) is 45.3 Å². The maximum atomic E-state index is 12.2. The Kier molecular flexibility index (Phi) is 3.83. The van der Waals surface area contributed by atoms with Crippen LogP contribution in [0.25, 0.3) is 11.1 Å². The van der Waals surface area contributed by atoms with Gasteiger partial charge in [-0.05, 0) is 46.3 Å². The van der Waals surface area contributed by atoms with Crippen molar-refractivity contribution in [1.29, 1.82) is 0 Å². The summed E-state index contributed by atoms with van der Waals surface area (Å²) >= 11 is 3.08. The van der Waals surface area contributed by atoms with Crippen LogP contribution in [0.4, 0.5) is 11.4 Å². The van der Waals surface area contributed by atoms with Crippen molar-refractivity contribution >= 4 is 44.3 Å². The van der Waals surface area contributed by atoms with E-state index in [-0.39, 0.29) is 11.3 Å². The first-order valence-electron chi connectivity index (χ1n) is 6.56. The molecule has 0 fully saturated rings. The molecule has 0 bridgehead atoms. The van der Waals surface area contributed by atoms with Crippen LogP contribution < -0.4 is 5.32 Å². The summed E-state index contributed by atoms with van der Waals surface area (Å²) in [5, 5.41) is 13.6. The number of benzene rings is 2. The summed E-state index contributed by atoms with van der Waals surface area (Å²) in [5.41, 5.74) is 1.81. The van der Waals surface area contributed by atoms with Crippen molar-refractivity contribution in [3.63, 3.8) is 0 Å². The minimum absolute atomic E-state index is 0.166. The Bertz CT molecular complexity index is 936. The number of halogens is 1. The van der Waals surface area contributed by atoms with Crippen LogP contribution in [0.3, 0.4) is 0 Å². The molecule has 0 aliphatic carbocycles. The molecular weight excluding hydrogens is 366 g/mol. The highest BCUT2D eigenvalue weighted by molar-refractivity contribution is 9.10. The molecule has 0 saturated carbocycles. The second-order valence-corrected chi connectivity index (χ2v) is 5.65. The van der Waals surface area contributed by atoms with E-state index < -0.39 is 10.8 Å². The summed E-state index contributed by atoms with van der Waals surface area (Å²) < 4.78 is 5.68. The minimum atomic E-state index is -0.551. The van der Waals surface area contributed by atoms with Gasteiger partial charge in [0.15, 0.2) is 11.5 Å². The van der Waals surface area contributed by atoms with E-state index in [1.54, 1.807) is 25.1 Å². The van der Waals surface area contributed by atoms with E-state index in [1.807, 2.05) is 0 Å². The number of nitrogens with one attached hydrogen (secondary N) is 1. The Labute approximate surface area is 138 Å². The Morgan fingerprint density at radius 1 is 1.30 bits per heavy atom. The molecule has 8 heteroatoms. The Hall–Kier alpha value is -2.74. The van der Waals surface area contributed by atoms with Gasteiger partial charge in [0.25, 0.3) is 11.6 Å². The molecular formula is C15H10BrN3O4. The van der Waals surface area contributed by atoms with Crippen LogP contribution in [0, 0.1) is 17.0 Å². The van der Waals surface area contributed by atoms with Gasteiger partial charge in [-0.3, -0.25) is 14.9 Å².